The van der Waals surface area contributed by atoms with Gasteiger partial charge in [0, 0.05) is 10.7 Å². The predicted octanol–water partition coefficient (Wildman–Crippen LogP) is 5.09. The van der Waals surface area contributed by atoms with Crippen molar-refractivity contribution in [2.24, 2.45) is 5.10 Å². The van der Waals surface area contributed by atoms with Crippen molar-refractivity contribution < 1.29 is 19.1 Å². The Bertz CT molecular complexity index is 1180. The van der Waals surface area contributed by atoms with Gasteiger partial charge in [0.25, 0.3) is 0 Å². The molecule has 0 atom stereocenters. The third-order valence-electron chi connectivity index (χ3n) is 4.42. The third-order valence-corrected chi connectivity index (χ3v) is 5.25. The number of amides is 2. The van der Waals surface area contributed by atoms with Gasteiger partial charge in [-0.3, -0.25) is 9.59 Å². The smallest absolute Gasteiger partial charge is 0.329 e. The average Bonchev–Trinajstić information content (AvgIpc) is 2.79. The van der Waals surface area contributed by atoms with Crippen molar-refractivity contribution in [1.29, 1.82) is 0 Å². The molecule has 3 aromatic rings. The van der Waals surface area contributed by atoms with Gasteiger partial charge in [-0.2, -0.15) is 5.10 Å². The summed E-state index contributed by atoms with van der Waals surface area (Å²) in [5, 5.41) is 6.73. The van der Waals surface area contributed by atoms with E-state index in [4.69, 9.17) is 21.1 Å². The predicted molar refractivity (Wildman–Crippen MR) is 132 cm³/mol. The molecule has 3 aromatic carbocycles. The number of aryl methyl sites for hydroxylation is 1. The van der Waals surface area contributed by atoms with Crippen molar-refractivity contribution in [3.05, 3.63) is 86.8 Å². The van der Waals surface area contributed by atoms with Gasteiger partial charge in [0.2, 0.25) is 0 Å². The Kier molecular flexibility index (Phi) is 8.46. The number of halogens is 2. The lowest BCUT2D eigenvalue weighted by Crippen LogP contribution is -2.32. The minimum absolute atomic E-state index is 0.375. The number of hydrazone groups is 1. The Morgan fingerprint density at radius 3 is 2.55 bits per heavy atom. The fourth-order valence-electron chi connectivity index (χ4n) is 2.76. The highest BCUT2D eigenvalue weighted by molar-refractivity contribution is 9.10. The Labute approximate surface area is 204 Å². The summed E-state index contributed by atoms with van der Waals surface area (Å²) >= 11 is 9.35. The van der Waals surface area contributed by atoms with Gasteiger partial charge in [-0.05, 0) is 64.3 Å². The molecule has 0 fully saturated rings. The maximum Gasteiger partial charge on any atom is 0.329 e. The van der Waals surface area contributed by atoms with Crippen molar-refractivity contribution in [2.45, 2.75) is 13.5 Å². The van der Waals surface area contributed by atoms with Gasteiger partial charge in [-0.15, -0.1) is 0 Å². The van der Waals surface area contributed by atoms with Crippen molar-refractivity contribution >= 4 is 51.2 Å². The van der Waals surface area contributed by atoms with E-state index in [-0.39, 0.29) is 0 Å². The first-order chi connectivity index (χ1) is 15.9. The summed E-state index contributed by atoms with van der Waals surface area (Å²) < 4.78 is 12.0. The lowest BCUT2D eigenvalue weighted by Gasteiger charge is -2.13. The Morgan fingerprint density at radius 1 is 1.09 bits per heavy atom. The Hall–Kier alpha value is -3.36. The van der Waals surface area contributed by atoms with Crippen LogP contribution in [-0.2, 0) is 16.2 Å². The van der Waals surface area contributed by atoms with Crippen LogP contribution in [0.15, 0.2) is 70.2 Å². The summed E-state index contributed by atoms with van der Waals surface area (Å²) in [6.45, 7) is 2.40. The molecule has 0 radical (unpaired) electrons. The largest absolute Gasteiger partial charge is 0.493 e. The second-order valence-corrected chi connectivity index (χ2v) is 8.26. The number of ether oxygens (including phenoxy) is 2. The first-order valence-electron chi connectivity index (χ1n) is 9.81. The van der Waals surface area contributed by atoms with Crippen molar-refractivity contribution in [1.82, 2.24) is 5.43 Å². The zero-order chi connectivity index (χ0) is 23.8. The molecule has 0 aliphatic heterocycles. The maximum atomic E-state index is 12.0. The number of hydrogen-bond donors (Lipinski definition) is 2. The van der Waals surface area contributed by atoms with Gasteiger partial charge in [-0.1, -0.05) is 47.5 Å². The van der Waals surface area contributed by atoms with E-state index < -0.39 is 11.8 Å². The van der Waals surface area contributed by atoms with E-state index >= 15 is 0 Å². The van der Waals surface area contributed by atoms with E-state index in [2.05, 4.69) is 31.8 Å². The standard InChI is InChI=1S/C24H21BrClN3O4/c1-15-6-8-16(9-7-15)14-33-22-20(25)10-17(11-21(22)32-2)13-27-29-24(31)23(30)28-19-5-3-4-18(26)12-19/h3-13H,14H2,1-2H3,(H,28,30)(H,29,31). The number of anilines is 1. The summed E-state index contributed by atoms with van der Waals surface area (Å²) in [6, 6.07) is 18.0. The van der Waals surface area contributed by atoms with Gasteiger partial charge in [0.1, 0.15) is 6.61 Å². The summed E-state index contributed by atoms with van der Waals surface area (Å²) in [7, 11) is 1.53. The first-order valence-corrected chi connectivity index (χ1v) is 11.0. The van der Waals surface area contributed by atoms with E-state index in [1.807, 2.05) is 31.2 Å². The molecule has 0 bridgehead atoms. The fraction of sp³-hybridized carbons (Fsp3) is 0.125. The fourth-order valence-corrected chi connectivity index (χ4v) is 3.53. The molecule has 0 unspecified atom stereocenters. The molecular weight excluding hydrogens is 510 g/mol. The maximum absolute atomic E-state index is 12.0. The van der Waals surface area contributed by atoms with Crippen LogP contribution in [0, 0.1) is 6.92 Å². The number of nitrogens with one attached hydrogen (secondary N) is 2. The zero-order valence-corrected chi connectivity index (χ0v) is 20.2. The van der Waals surface area contributed by atoms with Gasteiger partial charge in [0.05, 0.1) is 17.8 Å². The molecule has 0 saturated carbocycles. The van der Waals surface area contributed by atoms with Crippen molar-refractivity contribution in [2.75, 3.05) is 12.4 Å². The molecule has 7 nitrogen and oxygen atoms in total. The van der Waals surface area contributed by atoms with Crippen LogP contribution in [0.25, 0.3) is 0 Å². The lowest BCUT2D eigenvalue weighted by atomic mass is 10.2. The average molecular weight is 531 g/mol. The molecule has 0 spiro atoms. The van der Waals surface area contributed by atoms with Gasteiger partial charge < -0.3 is 14.8 Å². The summed E-state index contributed by atoms with van der Waals surface area (Å²) in [5.41, 5.74) is 5.42. The molecular formula is C24H21BrClN3O4. The second-order valence-electron chi connectivity index (χ2n) is 6.97. The van der Waals surface area contributed by atoms with Gasteiger partial charge in [-0.25, -0.2) is 5.43 Å². The summed E-state index contributed by atoms with van der Waals surface area (Å²) in [6.07, 6.45) is 1.39. The van der Waals surface area contributed by atoms with E-state index in [0.717, 1.165) is 5.56 Å². The van der Waals surface area contributed by atoms with Crippen LogP contribution < -0.4 is 20.2 Å². The molecule has 0 aliphatic carbocycles. The highest BCUT2D eigenvalue weighted by Gasteiger charge is 2.14. The van der Waals surface area contributed by atoms with Crippen LogP contribution in [0.2, 0.25) is 5.02 Å². The highest BCUT2D eigenvalue weighted by atomic mass is 79.9. The molecule has 0 aromatic heterocycles. The topological polar surface area (TPSA) is 89.0 Å². The molecule has 9 heteroatoms. The number of hydrogen-bond acceptors (Lipinski definition) is 5. The molecule has 0 aliphatic rings. The van der Waals surface area contributed by atoms with Gasteiger partial charge >= 0.3 is 11.8 Å². The second kappa shape index (κ2) is 11.5. The van der Waals surface area contributed by atoms with E-state index in [9.17, 15) is 9.59 Å². The number of carbonyl (C=O) groups is 2. The molecule has 0 heterocycles. The van der Waals surface area contributed by atoms with Crippen LogP contribution in [0.5, 0.6) is 11.5 Å². The number of benzene rings is 3. The monoisotopic (exact) mass is 529 g/mol. The van der Waals surface area contributed by atoms with Gasteiger partial charge in [0.15, 0.2) is 11.5 Å². The number of methoxy groups -OCH3 is 1. The molecule has 2 amide bonds. The van der Waals surface area contributed by atoms with E-state index in [0.29, 0.717) is 38.9 Å². The van der Waals surface area contributed by atoms with E-state index in [1.54, 1.807) is 30.3 Å². The minimum Gasteiger partial charge on any atom is -0.493 e. The SMILES string of the molecule is COc1cc(C=NNC(=O)C(=O)Nc2cccc(Cl)c2)cc(Br)c1OCc1ccc(C)cc1. The minimum atomic E-state index is -0.921. The number of rotatable bonds is 7. The lowest BCUT2D eigenvalue weighted by molar-refractivity contribution is -0.136. The summed E-state index contributed by atoms with van der Waals surface area (Å²) in [5.74, 6) is -0.758. The summed E-state index contributed by atoms with van der Waals surface area (Å²) in [4.78, 5) is 24.0. The van der Waals surface area contributed by atoms with Crippen LogP contribution in [0.4, 0.5) is 5.69 Å². The van der Waals surface area contributed by atoms with Crippen molar-refractivity contribution in [3.63, 3.8) is 0 Å². The number of carbonyl (C=O) groups excluding carboxylic acids is 2. The molecule has 33 heavy (non-hydrogen) atoms. The molecule has 3 rings (SSSR count). The highest BCUT2D eigenvalue weighted by Crippen LogP contribution is 2.36. The first kappa shape index (κ1) is 24.3. The van der Waals surface area contributed by atoms with E-state index in [1.165, 1.54) is 25.0 Å². The van der Waals surface area contributed by atoms with Crippen LogP contribution in [0.3, 0.4) is 0 Å². The van der Waals surface area contributed by atoms with Crippen LogP contribution in [0.1, 0.15) is 16.7 Å². The number of nitrogens with zero attached hydrogens (tertiary/aromatic N) is 1. The normalized spacial score (nSPS) is 10.7. The third kappa shape index (κ3) is 7.06. The van der Waals surface area contributed by atoms with Crippen molar-refractivity contribution in [3.8, 4) is 11.5 Å². The Morgan fingerprint density at radius 2 is 1.85 bits per heavy atom. The Balaban J connectivity index is 1.61. The quantitative estimate of drug-likeness (QED) is 0.253. The molecule has 2 N–H and O–H groups in total. The molecule has 170 valence electrons. The van der Waals surface area contributed by atoms with Crippen LogP contribution >= 0.6 is 27.5 Å². The zero-order valence-electron chi connectivity index (χ0n) is 17.9. The molecule has 0 saturated heterocycles. The van der Waals surface area contributed by atoms with Crippen LogP contribution in [-0.4, -0.2) is 25.1 Å².